The Morgan fingerprint density at radius 2 is 1.59 bits per heavy atom. The van der Waals surface area contributed by atoms with Gasteiger partial charge in [-0.05, 0) is 43.7 Å². The Balaban J connectivity index is 1.53. The molecule has 0 radical (unpaired) electrons. The van der Waals surface area contributed by atoms with Crippen LogP contribution in [0.3, 0.4) is 0 Å². The Bertz CT molecular complexity index is 1160. The van der Waals surface area contributed by atoms with Crippen LogP contribution in [0.4, 0.5) is 0 Å². The Labute approximate surface area is 185 Å². The molecule has 4 N–H and O–H groups in total. The predicted molar refractivity (Wildman–Crippen MR) is 118 cm³/mol. The number of rotatable bonds is 6. The van der Waals surface area contributed by atoms with Crippen LogP contribution in [0.25, 0.3) is 0 Å². The Morgan fingerprint density at radius 1 is 0.906 bits per heavy atom. The SMILES string of the molecule is NCCCCNNC(=O)c1ccc2c(c1)C(=O)OC21c2ccccc2Oc2ccccc21. The van der Waals surface area contributed by atoms with Crippen molar-refractivity contribution in [3.05, 3.63) is 94.5 Å². The van der Waals surface area contributed by atoms with Crippen molar-refractivity contribution in [2.24, 2.45) is 5.73 Å². The fourth-order valence-corrected chi connectivity index (χ4v) is 4.34. The second-order valence-electron chi connectivity index (χ2n) is 7.80. The maximum absolute atomic E-state index is 13.0. The van der Waals surface area contributed by atoms with E-state index in [1.165, 1.54) is 0 Å². The van der Waals surface area contributed by atoms with Crippen LogP contribution in [0.5, 0.6) is 11.5 Å². The van der Waals surface area contributed by atoms with Crippen LogP contribution in [-0.4, -0.2) is 25.0 Å². The summed E-state index contributed by atoms with van der Waals surface area (Å²) in [4.78, 5) is 25.6. The van der Waals surface area contributed by atoms with E-state index in [4.69, 9.17) is 15.2 Å². The molecule has 0 aromatic heterocycles. The van der Waals surface area contributed by atoms with E-state index < -0.39 is 11.6 Å². The number of hydrogen-bond acceptors (Lipinski definition) is 6. The van der Waals surface area contributed by atoms with Crippen LogP contribution >= 0.6 is 0 Å². The first-order valence-corrected chi connectivity index (χ1v) is 10.6. The van der Waals surface area contributed by atoms with Crippen molar-refractivity contribution in [3.8, 4) is 11.5 Å². The molecule has 7 nitrogen and oxygen atoms in total. The third kappa shape index (κ3) is 3.14. The zero-order valence-electron chi connectivity index (χ0n) is 17.4. The van der Waals surface area contributed by atoms with E-state index in [0.717, 1.165) is 24.0 Å². The summed E-state index contributed by atoms with van der Waals surface area (Å²) >= 11 is 0. The molecule has 3 aromatic carbocycles. The average Bonchev–Trinajstić information content (AvgIpc) is 3.11. The minimum atomic E-state index is -1.12. The van der Waals surface area contributed by atoms with Gasteiger partial charge in [-0.2, -0.15) is 0 Å². The van der Waals surface area contributed by atoms with Gasteiger partial charge in [-0.1, -0.05) is 42.5 Å². The van der Waals surface area contributed by atoms with E-state index in [-0.39, 0.29) is 5.91 Å². The molecule has 162 valence electrons. The lowest BCUT2D eigenvalue weighted by Gasteiger charge is -2.36. The summed E-state index contributed by atoms with van der Waals surface area (Å²) in [6.45, 7) is 1.23. The molecule has 0 fully saturated rings. The average molecular weight is 429 g/mol. The number of nitrogens with two attached hydrogens (primary N) is 1. The molecule has 0 atom stereocenters. The number of nitrogens with one attached hydrogen (secondary N) is 2. The molecule has 7 heteroatoms. The van der Waals surface area contributed by atoms with Crippen molar-refractivity contribution in [3.63, 3.8) is 0 Å². The molecule has 1 amide bonds. The molecule has 0 saturated heterocycles. The van der Waals surface area contributed by atoms with Gasteiger partial charge in [0.1, 0.15) is 11.5 Å². The van der Waals surface area contributed by atoms with Crippen molar-refractivity contribution >= 4 is 11.9 Å². The number of para-hydroxylation sites is 2. The molecule has 0 unspecified atom stereocenters. The largest absolute Gasteiger partial charge is 0.456 e. The van der Waals surface area contributed by atoms with Gasteiger partial charge in [0.25, 0.3) is 5.91 Å². The Kier molecular flexibility index (Phi) is 5.13. The summed E-state index contributed by atoms with van der Waals surface area (Å²) in [7, 11) is 0. The molecular weight excluding hydrogens is 406 g/mol. The summed E-state index contributed by atoms with van der Waals surface area (Å²) in [6, 6.07) is 20.2. The molecule has 3 aromatic rings. The van der Waals surface area contributed by atoms with Gasteiger partial charge in [0.15, 0.2) is 5.60 Å². The number of carbonyl (C=O) groups excluding carboxylic acids is 2. The third-order valence-corrected chi connectivity index (χ3v) is 5.84. The second kappa shape index (κ2) is 8.11. The molecule has 32 heavy (non-hydrogen) atoms. The van der Waals surface area contributed by atoms with Gasteiger partial charge in [-0.15, -0.1) is 0 Å². The molecule has 0 bridgehead atoms. The fraction of sp³-hybridized carbons (Fsp3) is 0.200. The second-order valence-corrected chi connectivity index (χ2v) is 7.80. The minimum absolute atomic E-state index is 0.318. The van der Waals surface area contributed by atoms with Gasteiger partial charge in [0.2, 0.25) is 0 Å². The molecule has 2 aliphatic heterocycles. The normalized spacial score (nSPS) is 14.7. The van der Waals surface area contributed by atoms with Gasteiger partial charge in [-0.25, -0.2) is 10.2 Å². The van der Waals surface area contributed by atoms with Crippen LogP contribution in [0, 0.1) is 0 Å². The standard InChI is InChI=1S/C25H23N3O4/c26-13-5-6-14-27-28-23(29)16-11-12-18-17(15-16)24(30)32-25(18)19-7-1-3-9-21(19)31-22-10-4-2-8-20(22)25/h1-4,7-12,15,27H,5-6,13-14,26H2,(H,28,29). The number of benzene rings is 3. The van der Waals surface area contributed by atoms with Crippen LogP contribution in [0.1, 0.15) is 50.2 Å². The maximum atomic E-state index is 13.0. The number of unbranched alkanes of at least 4 members (excludes halogenated alkanes) is 1. The minimum Gasteiger partial charge on any atom is -0.456 e. The molecule has 0 aliphatic carbocycles. The highest BCUT2D eigenvalue weighted by Gasteiger charge is 2.53. The molecular formula is C25H23N3O4. The molecule has 0 saturated carbocycles. The lowest BCUT2D eigenvalue weighted by Crippen LogP contribution is -2.38. The highest BCUT2D eigenvalue weighted by molar-refractivity contribution is 6.01. The van der Waals surface area contributed by atoms with Gasteiger partial charge < -0.3 is 15.2 Å². The first kappa shape index (κ1) is 20.2. The summed E-state index contributed by atoms with van der Waals surface area (Å²) in [5.41, 5.74) is 12.9. The van der Waals surface area contributed by atoms with E-state index in [9.17, 15) is 9.59 Å². The van der Waals surface area contributed by atoms with Gasteiger partial charge >= 0.3 is 5.97 Å². The zero-order valence-corrected chi connectivity index (χ0v) is 17.4. The molecule has 1 spiro atoms. The van der Waals surface area contributed by atoms with E-state index in [2.05, 4.69) is 10.9 Å². The number of esters is 1. The number of carbonyl (C=O) groups is 2. The summed E-state index contributed by atoms with van der Waals surface area (Å²) in [5, 5.41) is 0. The van der Waals surface area contributed by atoms with Crippen molar-refractivity contribution in [2.45, 2.75) is 18.4 Å². The summed E-state index contributed by atoms with van der Waals surface area (Å²) in [6.07, 6.45) is 1.74. The monoisotopic (exact) mass is 429 g/mol. The van der Waals surface area contributed by atoms with Crippen LogP contribution in [0.15, 0.2) is 66.7 Å². The van der Waals surface area contributed by atoms with Gasteiger partial charge in [0, 0.05) is 28.8 Å². The lowest BCUT2D eigenvalue weighted by molar-refractivity contribution is 0.0224. The predicted octanol–water partition coefficient (Wildman–Crippen LogP) is 3.23. The topological polar surface area (TPSA) is 103 Å². The van der Waals surface area contributed by atoms with Crippen molar-refractivity contribution in [2.75, 3.05) is 13.1 Å². The van der Waals surface area contributed by atoms with E-state index in [1.807, 2.05) is 48.5 Å². The fourth-order valence-electron chi connectivity index (χ4n) is 4.34. The van der Waals surface area contributed by atoms with E-state index in [1.54, 1.807) is 18.2 Å². The number of hydrazine groups is 1. The Morgan fingerprint density at radius 3 is 2.28 bits per heavy atom. The number of hydrogen-bond donors (Lipinski definition) is 3. The van der Waals surface area contributed by atoms with E-state index in [0.29, 0.717) is 41.3 Å². The summed E-state index contributed by atoms with van der Waals surface area (Å²) in [5.74, 6) is 0.477. The first-order chi connectivity index (χ1) is 15.6. The van der Waals surface area contributed by atoms with Crippen molar-refractivity contribution in [1.82, 2.24) is 10.9 Å². The summed E-state index contributed by atoms with van der Waals surface area (Å²) < 4.78 is 12.2. The maximum Gasteiger partial charge on any atom is 0.340 e. The Hall–Kier alpha value is -3.68. The highest BCUT2D eigenvalue weighted by Crippen LogP contribution is 2.55. The number of fused-ring (bicyclic) bond motifs is 6. The molecule has 2 aliphatic rings. The van der Waals surface area contributed by atoms with Gasteiger partial charge in [0.05, 0.1) is 5.56 Å². The van der Waals surface area contributed by atoms with E-state index >= 15 is 0 Å². The van der Waals surface area contributed by atoms with Gasteiger partial charge in [-0.3, -0.25) is 10.2 Å². The number of amides is 1. The smallest absolute Gasteiger partial charge is 0.340 e. The lowest BCUT2D eigenvalue weighted by atomic mass is 9.77. The zero-order chi connectivity index (χ0) is 22.1. The quantitative estimate of drug-likeness (QED) is 0.316. The van der Waals surface area contributed by atoms with Crippen LogP contribution in [0.2, 0.25) is 0 Å². The third-order valence-electron chi connectivity index (χ3n) is 5.84. The van der Waals surface area contributed by atoms with Crippen LogP contribution < -0.4 is 21.3 Å². The van der Waals surface area contributed by atoms with Crippen molar-refractivity contribution in [1.29, 1.82) is 0 Å². The van der Waals surface area contributed by atoms with Crippen LogP contribution in [-0.2, 0) is 10.3 Å². The highest BCUT2D eigenvalue weighted by atomic mass is 16.6. The van der Waals surface area contributed by atoms with Crippen molar-refractivity contribution < 1.29 is 19.1 Å². The number of ether oxygens (including phenoxy) is 2. The molecule has 2 heterocycles. The molecule has 5 rings (SSSR count). The first-order valence-electron chi connectivity index (χ1n) is 10.6.